The SMILES string of the molecule is Cc1ccc(COc2ccc([C@@H]3SCC(=O)Nc4c3c(C)nn4-c3nc(C)cc(C)n3)cc2)cc1. The van der Waals surface area contributed by atoms with Gasteiger partial charge in [0.05, 0.1) is 16.7 Å². The number of nitrogens with one attached hydrogen (secondary N) is 1. The number of anilines is 1. The highest BCUT2D eigenvalue weighted by molar-refractivity contribution is 8.00. The van der Waals surface area contributed by atoms with Crippen LogP contribution in [-0.2, 0) is 11.4 Å². The van der Waals surface area contributed by atoms with Crippen molar-refractivity contribution in [2.24, 2.45) is 0 Å². The Balaban J connectivity index is 1.44. The number of ether oxygens (including phenoxy) is 1. The second-order valence-corrected chi connectivity index (χ2v) is 9.89. The van der Waals surface area contributed by atoms with Crippen LogP contribution in [0, 0.1) is 27.7 Å². The molecule has 178 valence electrons. The van der Waals surface area contributed by atoms with Gasteiger partial charge in [0.25, 0.3) is 5.95 Å². The predicted molar refractivity (Wildman–Crippen MR) is 138 cm³/mol. The lowest BCUT2D eigenvalue weighted by Gasteiger charge is -2.16. The molecule has 35 heavy (non-hydrogen) atoms. The Morgan fingerprint density at radius 2 is 1.69 bits per heavy atom. The van der Waals surface area contributed by atoms with E-state index in [0.717, 1.165) is 39.5 Å². The fourth-order valence-electron chi connectivity index (χ4n) is 4.18. The Kier molecular flexibility index (Phi) is 6.30. The number of fused-ring (bicyclic) bond motifs is 1. The van der Waals surface area contributed by atoms with E-state index < -0.39 is 0 Å². The lowest BCUT2D eigenvalue weighted by Crippen LogP contribution is -2.17. The molecule has 0 radical (unpaired) electrons. The summed E-state index contributed by atoms with van der Waals surface area (Å²) in [7, 11) is 0. The minimum atomic E-state index is -0.0673. The van der Waals surface area contributed by atoms with Crippen LogP contribution in [0.3, 0.4) is 0 Å². The van der Waals surface area contributed by atoms with Crippen LogP contribution in [0.1, 0.15) is 44.6 Å². The second-order valence-electron chi connectivity index (χ2n) is 8.79. The summed E-state index contributed by atoms with van der Waals surface area (Å²) in [5.41, 5.74) is 6.94. The monoisotopic (exact) mass is 485 g/mol. The van der Waals surface area contributed by atoms with Crippen LogP contribution >= 0.6 is 11.8 Å². The van der Waals surface area contributed by atoms with Crippen LogP contribution in [0.5, 0.6) is 5.75 Å². The summed E-state index contributed by atoms with van der Waals surface area (Å²) in [6.07, 6.45) is 0. The zero-order chi connectivity index (χ0) is 24.5. The summed E-state index contributed by atoms with van der Waals surface area (Å²) in [4.78, 5) is 21.7. The third-order valence-electron chi connectivity index (χ3n) is 5.88. The van der Waals surface area contributed by atoms with Gasteiger partial charge in [-0.25, -0.2) is 9.97 Å². The number of benzene rings is 2. The highest BCUT2D eigenvalue weighted by Gasteiger charge is 2.31. The summed E-state index contributed by atoms with van der Waals surface area (Å²) in [6.45, 7) is 8.40. The van der Waals surface area contributed by atoms with Crippen molar-refractivity contribution in [1.82, 2.24) is 19.7 Å². The molecule has 4 aromatic rings. The Bertz CT molecular complexity index is 1360. The van der Waals surface area contributed by atoms with Gasteiger partial charge in [-0.1, -0.05) is 42.0 Å². The average molecular weight is 486 g/mol. The first-order valence-corrected chi connectivity index (χ1v) is 12.5. The summed E-state index contributed by atoms with van der Waals surface area (Å²) >= 11 is 1.59. The fourth-order valence-corrected chi connectivity index (χ4v) is 5.37. The molecule has 1 aliphatic rings. The van der Waals surface area contributed by atoms with Gasteiger partial charge < -0.3 is 10.1 Å². The molecular weight excluding hydrogens is 458 g/mol. The molecule has 8 heteroatoms. The first-order chi connectivity index (χ1) is 16.9. The van der Waals surface area contributed by atoms with Crippen molar-refractivity contribution in [3.63, 3.8) is 0 Å². The van der Waals surface area contributed by atoms with Gasteiger partial charge in [-0.05, 0) is 57.0 Å². The highest BCUT2D eigenvalue weighted by atomic mass is 32.2. The molecule has 3 heterocycles. The number of rotatable bonds is 5. The number of aryl methyl sites for hydroxylation is 4. The summed E-state index contributed by atoms with van der Waals surface area (Å²) in [5, 5.41) is 7.70. The number of carbonyl (C=O) groups is 1. The number of carbonyl (C=O) groups excluding carboxylic acids is 1. The van der Waals surface area contributed by atoms with E-state index in [1.54, 1.807) is 16.4 Å². The third kappa shape index (κ3) is 4.93. The normalized spacial score (nSPS) is 15.3. The first-order valence-electron chi connectivity index (χ1n) is 11.5. The Morgan fingerprint density at radius 3 is 2.37 bits per heavy atom. The van der Waals surface area contributed by atoms with E-state index in [-0.39, 0.29) is 11.2 Å². The maximum absolute atomic E-state index is 12.6. The standard InChI is InChI=1S/C27H27N5O2S/c1-16-5-7-20(8-6-16)14-34-22-11-9-21(10-12-22)25-24-19(4)31-32(26(24)30-23(33)15-35-25)27-28-17(2)13-18(3)29-27/h5-13,25H,14-15H2,1-4H3,(H,30,33)/t25-/m0/s1. The van der Waals surface area contributed by atoms with Gasteiger partial charge in [-0.3, -0.25) is 4.79 Å². The largest absolute Gasteiger partial charge is 0.489 e. The molecule has 2 aromatic carbocycles. The molecule has 0 saturated heterocycles. The van der Waals surface area contributed by atoms with E-state index >= 15 is 0 Å². The number of hydrogen-bond acceptors (Lipinski definition) is 6. The van der Waals surface area contributed by atoms with E-state index in [2.05, 4.69) is 58.6 Å². The molecule has 0 unspecified atom stereocenters. The maximum Gasteiger partial charge on any atom is 0.252 e. The van der Waals surface area contributed by atoms with Crippen LogP contribution in [0.2, 0.25) is 0 Å². The topological polar surface area (TPSA) is 81.9 Å². The van der Waals surface area contributed by atoms with Gasteiger partial charge in [-0.15, -0.1) is 11.8 Å². The lowest BCUT2D eigenvalue weighted by molar-refractivity contribution is -0.113. The number of nitrogens with zero attached hydrogens (tertiary/aromatic N) is 4. The van der Waals surface area contributed by atoms with E-state index in [0.29, 0.717) is 24.1 Å². The molecule has 1 atom stereocenters. The number of thioether (sulfide) groups is 1. The Morgan fingerprint density at radius 1 is 1.00 bits per heavy atom. The first kappa shape index (κ1) is 23.1. The van der Waals surface area contributed by atoms with Crippen molar-refractivity contribution in [1.29, 1.82) is 0 Å². The molecule has 2 aromatic heterocycles. The zero-order valence-electron chi connectivity index (χ0n) is 20.2. The molecule has 1 amide bonds. The predicted octanol–water partition coefficient (Wildman–Crippen LogP) is 5.25. The molecule has 0 bridgehead atoms. The molecule has 0 saturated carbocycles. The van der Waals surface area contributed by atoms with Crippen LogP contribution in [0.15, 0.2) is 54.6 Å². The van der Waals surface area contributed by atoms with Crippen LogP contribution in [0.25, 0.3) is 5.95 Å². The second kappa shape index (κ2) is 9.54. The van der Waals surface area contributed by atoms with E-state index in [4.69, 9.17) is 9.84 Å². The fraction of sp³-hybridized carbons (Fsp3) is 0.259. The molecule has 1 N–H and O–H groups in total. The molecular formula is C27H27N5O2S. The maximum atomic E-state index is 12.6. The van der Waals surface area contributed by atoms with Crippen molar-refractivity contribution in [3.8, 4) is 11.7 Å². The van der Waals surface area contributed by atoms with Crippen LogP contribution in [-0.4, -0.2) is 31.4 Å². The van der Waals surface area contributed by atoms with E-state index in [9.17, 15) is 4.79 Å². The van der Waals surface area contributed by atoms with Crippen LogP contribution < -0.4 is 10.1 Å². The lowest BCUT2D eigenvalue weighted by atomic mass is 10.0. The van der Waals surface area contributed by atoms with Gasteiger partial charge in [0.15, 0.2) is 0 Å². The molecule has 5 rings (SSSR count). The third-order valence-corrected chi connectivity index (χ3v) is 7.15. The van der Waals surface area contributed by atoms with Crippen molar-refractivity contribution >= 4 is 23.5 Å². The van der Waals surface area contributed by atoms with Gasteiger partial charge in [0.2, 0.25) is 5.91 Å². The van der Waals surface area contributed by atoms with E-state index in [1.165, 1.54) is 5.56 Å². The number of hydrogen-bond donors (Lipinski definition) is 1. The highest BCUT2D eigenvalue weighted by Crippen LogP contribution is 2.44. The molecule has 0 aliphatic carbocycles. The molecule has 0 spiro atoms. The Hall–Kier alpha value is -3.65. The van der Waals surface area contributed by atoms with Crippen molar-refractivity contribution in [3.05, 3.63) is 93.9 Å². The van der Waals surface area contributed by atoms with Gasteiger partial charge in [-0.2, -0.15) is 9.78 Å². The number of amides is 1. The smallest absolute Gasteiger partial charge is 0.252 e. The van der Waals surface area contributed by atoms with E-state index in [1.807, 2.05) is 39.0 Å². The number of aromatic nitrogens is 4. The van der Waals surface area contributed by atoms with Gasteiger partial charge in [0.1, 0.15) is 18.2 Å². The zero-order valence-corrected chi connectivity index (χ0v) is 21.0. The summed E-state index contributed by atoms with van der Waals surface area (Å²) in [6, 6.07) is 18.3. The van der Waals surface area contributed by atoms with Crippen molar-refractivity contribution in [2.75, 3.05) is 11.1 Å². The average Bonchev–Trinajstić information content (AvgIpc) is 3.03. The quantitative estimate of drug-likeness (QED) is 0.416. The molecule has 1 aliphatic heterocycles. The van der Waals surface area contributed by atoms with Gasteiger partial charge >= 0.3 is 0 Å². The minimum Gasteiger partial charge on any atom is -0.489 e. The summed E-state index contributed by atoms with van der Waals surface area (Å²) < 4.78 is 7.64. The van der Waals surface area contributed by atoms with Crippen LogP contribution in [0.4, 0.5) is 5.82 Å². The van der Waals surface area contributed by atoms with Gasteiger partial charge in [0, 0.05) is 17.0 Å². The minimum absolute atomic E-state index is 0.0604. The summed E-state index contributed by atoms with van der Waals surface area (Å²) in [5.74, 6) is 2.17. The van der Waals surface area contributed by atoms with Crippen molar-refractivity contribution in [2.45, 2.75) is 39.6 Å². The molecule has 7 nitrogen and oxygen atoms in total. The Labute approximate surface area is 209 Å². The molecule has 0 fully saturated rings. The van der Waals surface area contributed by atoms with Crippen molar-refractivity contribution < 1.29 is 9.53 Å².